The fourth-order valence-corrected chi connectivity index (χ4v) is 3.53. The van der Waals surface area contributed by atoms with Gasteiger partial charge >= 0.3 is 0 Å². The van der Waals surface area contributed by atoms with Gasteiger partial charge in [0.2, 0.25) is 5.91 Å². The van der Waals surface area contributed by atoms with Crippen molar-refractivity contribution < 1.29 is 19.1 Å². The van der Waals surface area contributed by atoms with Crippen LogP contribution in [0.5, 0.6) is 11.5 Å². The molecule has 1 aliphatic carbocycles. The molecule has 1 aliphatic heterocycles. The molecule has 0 atom stereocenters. The molecule has 0 radical (unpaired) electrons. The number of hydrogen-bond donors (Lipinski definition) is 1. The molecule has 140 valence electrons. The molecule has 27 heavy (non-hydrogen) atoms. The van der Waals surface area contributed by atoms with Gasteiger partial charge in [0.15, 0.2) is 0 Å². The third kappa shape index (κ3) is 3.23. The minimum Gasteiger partial charge on any atom is -0.496 e. The van der Waals surface area contributed by atoms with E-state index in [4.69, 9.17) is 9.47 Å². The SMILES string of the molecule is COc1cccc(OC)c1C(=O)Nc1ccc2c(c1)CCN2C(=O)C1CC1. The van der Waals surface area contributed by atoms with Gasteiger partial charge in [-0.25, -0.2) is 0 Å². The first-order valence-electron chi connectivity index (χ1n) is 9.09. The highest BCUT2D eigenvalue weighted by atomic mass is 16.5. The fraction of sp³-hybridized carbons (Fsp3) is 0.333. The summed E-state index contributed by atoms with van der Waals surface area (Å²) < 4.78 is 10.6. The first-order valence-corrected chi connectivity index (χ1v) is 9.09. The highest BCUT2D eigenvalue weighted by Crippen LogP contribution is 2.37. The molecule has 0 spiro atoms. The summed E-state index contributed by atoms with van der Waals surface area (Å²) >= 11 is 0. The smallest absolute Gasteiger partial charge is 0.263 e. The molecular weight excluding hydrogens is 344 g/mol. The molecule has 1 heterocycles. The maximum Gasteiger partial charge on any atom is 0.263 e. The van der Waals surface area contributed by atoms with Gasteiger partial charge in [-0.15, -0.1) is 0 Å². The number of hydrogen-bond acceptors (Lipinski definition) is 4. The summed E-state index contributed by atoms with van der Waals surface area (Å²) in [6.07, 6.45) is 2.80. The van der Waals surface area contributed by atoms with E-state index in [0.717, 1.165) is 30.5 Å². The minimum absolute atomic E-state index is 0.202. The van der Waals surface area contributed by atoms with E-state index in [0.29, 0.717) is 29.3 Å². The Morgan fingerprint density at radius 2 is 1.78 bits per heavy atom. The zero-order valence-electron chi connectivity index (χ0n) is 15.5. The summed E-state index contributed by atoms with van der Waals surface area (Å²) in [7, 11) is 3.04. The molecule has 0 unspecified atom stereocenters. The van der Waals surface area contributed by atoms with Crippen molar-refractivity contribution in [3.63, 3.8) is 0 Å². The first-order chi connectivity index (χ1) is 13.1. The molecule has 6 heteroatoms. The van der Waals surface area contributed by atoms with Crippen LogP contribution in [0.25, 0.3) is 0 Å². The predicted molar refractivity (Wildman–Crippen MR) is 103 cm³/mol. The largest absolute Gasteiger partial charge is 0.496 e. The number of rotatable bonds is 5. The molecule has 1 fully saturated rings. The van der Waals surface area contributed by atoms with Crippen LogP contribution < -0.4 is 19.7 Å². The number of carbonyl (C=O) groups is 2. The maximum atomic E-state index is 12.8. The molecule has 2 aliphatic rings. The Bertz CT molecular complexity index is 883. The van der Waals surface area contributed by atoms with E-state index in [-0.39, 0.29) is 17.7 Å². The summed E-state index contributed by atoms with van der Waals surface area (Å²) in [4.78, 5) is 27.1. The van der Waals surface area contributed by atoms with Gasteiger partial charge in [-0.2, -0.15) is 0 Å². The number of nitrogens with zero attached hydrogens (tertiary/aromatic N) is 1. The minimum atomic E-state index is -0.298. The molecule has 1 N–H and O–H groups in total. The van der Waals surface area contributed by atoms with Crippen LogP contribution in [0.4, 0.5) is 11.4 Å². The first kappa shape index (κ1) is 17.4. The van der Waals surface area contributed by atoms with Crippen LogP contribution in [0.15, 0.2) is 36.4 Å². The van der Waals surface area contributed by atoms with Crippen molar-refractivity contribution in [2.75, 3.05) is 31.0 Å². The predicted octanol–water partition coefficient (Wildman–Crippen LogP) is 3.26. The maximum absolute atomic E-state index is 12.8. The van der Waals surface area contributed by atoms with Crippen molar-refractivity contribution >= 4 is 23.2 Å². The highest BCUT2D eigenvalue weighted by Gasteiger charge is 2.36. The number of methoxy groups -OCH3 is 2. The van der Waals surface area contributed by atoms with Gasteiger partial charge in [0, 0.05) is 23.8 Å². The lowest BCUT2D eigenvalue weighted by Gasteiger charge is -2.17. The van der Waals surface area contributed by atoms with Crippen LogP contribution >= 0.6 is 0 Å². The van der Waals surface area contributed by atoms with Crippen LogP contribution in [0.2, 0.25) is 0 Å². The van der Waals surface area contributed by atoms with Crippen LogP contribution in [0, 0.1) is 5.92 Å². The van der Waals surface area contributed by atoms with E-state index in [9.17, 15) is 9.59 Å². The third-order valence-electron chi connectivity index (χ3n) is 5.08. The summed E-state index contributed by atoms with van der Waals surface area (Å²) in [5, 5.41) is 2.91. The molecule has 6 nitrogen and oxygen atoms in total. The van der Waals surface area contributed by atoms with Gasteiger partial charge < -0.3 is 19.7 Å². The number of ether oxygens (including phenoxy) is 2. The lowest BCUT2D eigenvalue weighted by Crippen LogP contribution is -2.30. The topological polar surface area (TPSA) is 67.9 Å². The van der Waals surface area contributed by atoms with E-state index in [1.54, 1.807) is 18.2 Å². The Labute approximate surface area is 158 Å². The number of carbonyl (C=O) groups excluding carboxylic acids is 2. The summed E-state index contributed by atoms with van der Waals surface area (Å²) in [6, 6.07) is 10.9. The average molecular weight is 366 g/mol. The summed E-state index contributed by atoms with van der Waals surface area (Å²) in [5.74, 6) is 1.04. The number of anilines is 2. The average Bonchev–Trinajstić information content (AvgIpc) is 3.46. The zero-order chi connectivity index (χ0) is 19.0. The van der Waals surface area contributed by atoms with E-state index >= 15 is 0 Å². The van der Waals surface area contributed by atoms with Crippen LogP contribution in [0.3, 0.4) is 0 Å². The zero-order valence-corrected chi connectivity index (χ0v) is 15.5. The van der Waals surface area contributed by atoms with E-state index < -0.39 is 0 Å². The van der Waals surface area contributed by atoms with Crippen molar-refractivity contribution in [2.24, 2.45) is 5.92 Å². The van der Waals surface area contributed by atoms with Crippen LogP contribution in [0.1, 0.15) is 28.8 Å². The van der Waals surface area contributed by atoms with E-state index in [2.05, 4.69) is 5.32 Å². The standard InChI is InChI=1S/C21H22N2O4/c1-26-17-4-3-5-18(27-2)19(17)20(24)22-15-8-9-16-14(12-15)10-11-23(16)21(25)13-6-7-13/h3-5,8-9,12-13H,6-7,10-11H2,1-2H3,(H,22,24). The lowest BCUT2D eigenvalue weighted by molar-refractivity contribution is -0.119. The van der Waals surface area contributed by atoms with E-state index in [1.165, 1.54) is 14.2 Å². The Morgan fingerprint density at radius 1 is 1.07 bits per heavy atom. The van der Waals surface area contributed by atoms with Crippen molar-refractivity contribution in [3.05, 3.63) is 47.5 Å². The molecule has 0 bridgehead atoms. The van der Waals surface area contributed by atoms with Gasteiger partial charge in [0.1, 0.15) is 17.1 Å². The van der Waals surface area contributed by atoms with Gasteiger partial charge in [0.25, 0.3) is 5.91 Å². The molecule has 1 saturated carbocycles. The van der Waals surface area contributed by atoms with Gasteiger partial charge in [-0.1, -0.05) is 6.07 Å². The van der Waals surface area contributed by atoms with Crippen molar-refractivity contribution in [2.45, 2.75) is 19.3 Å². The van der Waals surface area contributed by atoms with E-state index in [1.807, 2.05) is 23.1 Å². The second-order valence-electron chi connectivity index (χ2n) is 6.85. The fourth-order valence-electron chi connectivity index (χ4n) is 3.53. The quantitative estimate of drug-likeness (QED) is 0.882. The molecule has 0 saturated heterocycles. The number of fused-ring (bicyclic) bond motifs is 1. The lowest BCUT2D eigenvalue weighted by atomic mass is 10.1. The van der Waals surface area contributed by atoms with Gasteiger partial charge in [-0.05, 0) is 55.2 Å². The molecule has 4 rings (SSSR count). The Morgan fingerprint density at radius 3 is 2.41 bits per heavy atom. The normalized spacial score (nSPS) is 15.3. The Kier molecular flexibility index (Phi) is 4.48. The van der Waals surface area contributed by atoms with Crippen molar-refractivity contribution in [1.82, 2.24) is 0 Å². The molecule has 0 aromatic heterocycles. The Balaban J connectivity index is 1.56. The Hall–Kier alpha value is -3.02. The van der Waals surface area contributed by atoms with Crippen LogP contribution in [-0.2, 0) is 11.2 Å². The van der Waals surface area contributed by atoms with Crippen LogP contribution in [-0.4, -0.2) is 32.6 Å². The highest BCUT2D eigenvalue weighted by molar-refractivity contribution is 6.08. The number of amides is 2. The van der Waals surface area contributed by atoms with Crippen molar-refractivity contribution in [3.8, 4) is 11.5 Å². The summed E-state index contributed by atoms with van der Waals surface area (Å²) in [5.41, 5.74) is 3.08. The molecule has 2 aromatic carbocycles. The monoisotopic (exact) mass is 366 g/mol. The molecular formula is C21H22N2O4. The number of benzene rings is 2. The van der Waals surface area contributed by atoms with Gasteiger partial charge in [-0.3, -0.25) is 9.59 Å². The molecule has 2 aromatic rings. The summed E-state index contributed by atoms with van der Waals surface area (Å²) in [6.45, 7) is 0.711. The number of nitrogens with one attached hydrogen (secondary N) is 1. The third-order valence-corrected chi connectivity index (χ3v) is 5.08. The second-order valence-corrected chi connectivity index (χ2v) is 6.85. The van der Waals surface area contributed by atoms with Crippen molar-refractivity contribution in [1.29, 1.82) is 0 Å². The van der Waals surface area contributed by atoms with Gasteiger partial charge in [0.05, 0.1) is 14.2 Å². The second kappa shape index (κ2) is 6.95. The molecule has 2 amide bonds.